The Hall–Kier alpha value is -5.67. The number of hydrogen-bond donors (Lipinski definition) is 3. The van der Waals surface area contributed by atoms with Crippen LogP contribution in [-0.2, 0) is 48.0 Å². The molecule has 6 bridgehead atoms. The number of amides is 3. The maximum atomic E-state index is 14.6. The first-order valence-corrected chi connectivity index (χ1v) is 20.9. The van der Waals surface area contributed by atoms with E-state index in [4.69, 9.17) is 14.5 Å². The molecule has 60 heavy (non-hydrogen) atoms. The predicted molar refractivity (Wildman–Crippen MR) is 228 cm³/mol. The number of cyclic esters (lactones) is 1. The van der Waals surface area contributed by atoms with Crippen LogP contribution in [0.25, 0.3) is 44.3 Å². The first-order valence-electron chi connectivity index (χ1n) is 20.9. The number of benzene rings is 2. The largest absolute Gasteiger partial charge is 0.464 e. The van der Waals surface area contributed by atoms with Gasteiger partial charge < -0.3 is 24.3 Å². The van der Waals surface area contributed by atoms with E-state index in [-0.39, 0.29) is 31.0 Å². The summed E-state index contributed by atoms with van der Waals surface area (Å²) in [6.07, 6.45) is 3.18. The van der Waals surface area contributed by atoms with E-state index < -0.39 is 41.3 Å². The van der Waals surface area contributed by atoms with E-state index in [0.717, 1.165) is 44.5 Å². The fourth-order valence-corrected chi connectivity index (χ4v) is 8.82. The summed E-state index contributed by atoms with van der Waals surface area (Å²) in [5.41, 5.74) is 11.3. The minimum atomic E-state index is -1.09. The number of hydrazine groups is 1. The lowest BCUT2D eigenvalue weighted by atomic mass is 9.84. The molecule has 0 saturated carbocycles. The van der Waals surface area contributed by atoms with Gasteiger partial charge in [0.1, 0.15) is 23.6 Å². The van der Waals surface area contributed by atoms with Crippen molar-refractivity contribution in [2.75, 3.05) is 27.3 Å². The Morgan fingerprint density at radius 2 is 1.90 bits per heavy atom. The molecule has 5 heterocycles. The van der Waals surface area contributed by atoms with E-state index in [9.17, 15) is 19.2 Å². The lowest BCUT2D eigenvalue weighted by Crippen LogP contribution is -2.62. The smallest absolute Gasteiger partial charge is 0.324 e. The van der Waals surface area contributed by atoms with Crippen LogP contribution >= 0.6 is 0 Å². The topological polar surface area (TPSA) is 177 Å². The molecule has 2 aliphatic rings. The van der Waals surface area contributed by atoms with E-state index in [1.54, 1.807) is 20.4 Å². The Labute approximate surface area is 350 Å². The summed E-state index contributed by atoms with van der Waals surface area (Å²) in [6.45, 7) is 14.6. The van der Waals surface area contributed by atoms with Crippen molar-refractivity contribution in [3.05, 3.63) is 65.5 Å². The number of esters is 1. The highest BCUT2D eigenvalue weighted by atomic mass is 16.5. The van der Waals surface area contributed by atoms with Crippen molar-refractivity contribution in [3.8, 4) is 22.4 Å². The number of ether oxygens (including phenoxy) is 2. The molecule has 0 aliphatic carbocycles. The molecular formula is C45H57N9O6. The molecule has 3 N–H and O–H groups in total. The molecule has 15 heteroatoms. The number of aryl methyl sites for hydroxylation is 1. The maximum absolute atomic E-state index is 14.6. The molecule has 1 saturated heterocycles. The Bertz CT molecular complexity index is 2440. The van der Waals surface area contributed by atoms with Gasteiger partial charge in [-0.3, -0.25) is 34.3 Å². The molecule has 2 aromatic carbocycles. The average Bonchev–Trinajstić information content (AvgIpc) is 3.83. The Morgan fingerprint density at radius 1 is 1.12 bits per heavy atom. The summed E-state index contributed by atoms with van der Waals surface area (Å²) in [5, 5.41) is 17.1. The zero-order valence-electron chi connectivity index (χ0n) is 36.1. The van der Waals surface area contributed by atoms with Gasteiger partial charge in [-0.2, -0.15) is 0 Å². The van der Waals surface area contributed by atoms with Crippen LogP contribution in [0.2, 0.25) is 0 Å². The number of likely N-dealkylation sites (N-methyl/N-ethyl adjacent to an activating group) is 1. The predicted octanol–water partition coefficient (Wildman–Crippen LogP) is 5.52. The van der Waals surface area contributed by atoms with E-state index in [1.807, 2.05) is 39.0 Å². The number of pyridine rings is 1. The third kappa shape index (κ3) is 8.24. The van der Waals surface area contributed by atoms with E-state index in [2.05, 4.69) is 75.8 Å². The number of carbonyl (C=O) groups is 4. The molecule has 3 aromatic heterocycles. The second kappa shape index (κ2) is 17.1. The van der Waals surface area contributed by atoms with Crippen molar-refractivity contribution >= 4 is 45.6 Å². The molecule has 318 valence electrons. The number of methoxy groups -OCH3 is 1. The van der Waals surface area contributed by atoms with Crippen LogP contribution in [0.5, 0.6) is 0 Å². The number of H-pyrrole nitrogens is 1. The van der Waals surface area contributed by atoms with Crippen LogP contribution < -0.4 is 10.7 Å². The second-order valence-corrected chi connectivity index (χ2v) is 17.3. The monoisotopic (exact) mass is 819 g/mol. The molecule has 1 fully saturated rings. The zero-order valence-corrected chi connectivity index (χ0v) is 36.1. The van der Waals surface area contributed by atoms with E-state index in [1.165, 1.54) is 16.8 Å². The highest BCUT2D eigenvalue weighted by molar-refractivity contribution is 5.97. The standard InChI is InChI=1S/C45H57N9O6/c1-10-53-37-16-15-28-20-32(37)33(41(53)31-13-11-17-46-38(31)26(4)59-9)23-45(6,7)24-60-44(58)34-14-12-18-54(50-34)43(57)36(47-42(56)40(25(2)3)52(8)27(5)55)22-30-19-29(28)21-35-39(30)49-51-48-35/h11,13,15-17,19-21,25-26,34,36,40,50H,10,12,14,18,22-24H2,1-9H3,(H,47,56)(H,48,49,51)/t26-,34-,36-,40?/m0/s1. The normalized spacial score (nSPS) is 19.5. The van der Waals surface area contributed by atoms with Crippen molar-refractivity contribution in [2.24, 2.45) is 11.3 Å². The van der Waals surface area contributed by atoms with E-state index >= 15 is 0 Å². The summed E-state index contributed by atoms with van der Waals surface area (Å²) in [7, 11) is 3.27. The first-order chi connectivity index (χ1) is 28.6. The number of nitrogens with zero attached hydrogens (tertiary/aromatic N) is 6. The summed E-state index contributed by atoms with van der Waals surface area (Å²) in [6, 6.07) is 11.8. The summed E-state index contributed by atoms with van der Waals surface area (Å²) in [5.74, 6) is -1.85. The highest BCUT2D eigenvalue weighted by Gasteiger charge is 2.38. The fraction of sp³-hybridized carbons (Fsp3) is 0.489. The van der Waals surface area contributed by atoms with Gasteiger partial charge in [-0.15, -0.1) is 5.10 Å². The fourth-order valence-electron chi connectivity index (χ4n) is 8.82. The first kappa shape index (κ1) is 42.5. The van der Waals surface area contributed by atoms with Gasteiger partial charge in [0.05, 0.1) is 29.6 Å². The highest BCUT2D eigenvalue weighted by Crippen LogP contribution is 2.42. The van der Waals surface area contributed by atoms with Gasteiger partial charge in [-0.05, 0) is 97.7 Å². The number of nitrogens with one attached hydrogen (secondary N) is 3. The maximum Gasteiger partial charge on any atom is 0.324 e. The van der Waals surface area contributed by atoms with Crippen molar-refractivity contribution < 1.29 is 28.7 Å². The Kier molecular flexibility index (Phi) is 12.1. The van der Waals surface area contributed by atoms with Crippen molar-refractivity contribution in [3.63, 3.8) is 0 Å². The Morgan fingerprint density at radius 3 is 2.62 bits per heavy atom. The molecule has 2 aliphatic heterocycles. The molecule has 7 rings (SSSR count). The van der Waals surface area contributed by atoms with Gasteiger partial charge in [0.2, 0.25) is 11.8 Å². The summed E-state index contributed by atoms with van der Waals surface area (Å²) in [4.78, 5) is 61.3. The molecule has 3 amide bonds. The van der Waals surface area contributed by atoms with Gasteiger partial charge in [0.25, 0.3) is 5.91 Å². The third-order valence-corrected chi connectivity index (χ3v) is 12.0. The number of carbonyl (C=O) groups excluding carboxylic acids is 4. The van der Waals surface area contributed by atoms with Gasteiger partial charge in [-0.1, -0.05) is 39.0 Å². The number of rotatable bonds is 8. The van der Waals surface area contributed by atoms with Gasteiger partial charge >= 0.3 is 5.97 Å². The number of fused-ring (bicyclic) bond motifs is 8. The van der Waals surface area contributed by atoms with Crippen molar-refractivity contribution in [1.29, 1.82) is 0 Å². The van der Waals surface area contributed by atoms with Crippen LogP contribution in [0.1, 0.15) is 84.2 Å². The van der Waals surface area contributed by atoms with Crippen molar-refractivity contribution in [1.82, 2.24) is 45.6 Å². The average molecular weight is 820 g/mol. The van der Waals surface area contributed by atoms with Gasteiger partial charge in [0, 0.05) is 68.7 Å². The molecule has 1 unspecified atom stereocenters. The number of hydrogen-bond acceptors (Lipinski definition) is 10. The lowest BCUT2D eigenvalue weighted by molar-refractivity contribution is -0.155. The van der Waals surface area contributed by atoms with Gasteiger partial charge in [0.15, 0.2) is 0 Å². The minimum Gasteiger partial charge on any atom is -0.464 e. The number of aromatic nitrogens is 5. The number of aromatic amines is 1. The molecule has 5 aromatic rings. The third-order valence-electron chi connectivity index (χ3n) is 12.0. The molecule has 0 radical (unpaired) electrons. The van der Waals surface area contributed by atoms with Crippen LogP contribution in [0.3, 0.4) is 0 Å². The zero-order chi connectivity index (χ0) is 43.0. The Balaban J connectivity index is 1.43. The molecule has 4 atom stereocenters. The summed E-state index contributed by atoms with van der Waals surface area (Å²) < 4.78 is 14.2. The molecule has 0 spiro atoms. The summed E-state index contributed by atoms with van der Waals surface area (Å²) >= 11 is 0. The SMILES string of the molecule is CCn1c(-c2cccnc2[C@H](C)OC)c2c3cc(ccc31)-c1cc(c3nn[nH]c3c1)C[C@H](NC(=O)C(C(C)C)N(C)C(C)=O)C(=O)N1CCC[C@H](N1)C(=O)OCC(C)(C)C2. The van der Waals surface area contributed by atoms with Gasteiger partial charge in [-0.25, -0.2) is 5.43 Å². The minimum absolute atomic E-state index is 0.0584. The van der Waals surface area contributed by atoms with Crippen molar-refractivity contribution in [2.45, 2.75) is 105 Å². The van der Waals surface area contributed by atoms with Crippen LogP contribution in [0.15, 0.2) is 48.7 Å². The van der Waals surface area contributed by atoms with E-state index in [0.29, 0.717) is 48.9 Å². The molecule has 15 nitrogen and oxygen atoms in total. The van der Waals surface area contributed by atoms with Crippen LogP contribution in [-0.4, -0.2) is 104 Å². The van der Waals surface area contributed by atoms with Crippen LogP contribution in [0, 0.1) is 11.3 Å². The quantitative estimate of drug-likeness (QED) is 0.169. The second-order valence-electron chi connectivity index (χ2n) is 17.3. The van der Waals surface area contributed by atoms with Crippen LogP contribution in [0.4, 0.5) is 0 Å². The lowest BCUT2D eigenvalue weighted by Gasteiger charge is -2.36. The molecular weight excluding hydrogens is 763 g/mol.